The van der Waals surface area contributed by atoms with Crippen LogP contribution in [-0.2, 0) is 10.0 Å². The van der Waals surface area contributed by atoms with Gasteiger partial charge in [0.2, 0.25) is 0 Å². The van der Waals surface area contributed by atoms with Gasteiger partial charge < -0.3 is 4.90 Å². The maximum absolute atomic E-state index is 13.0. The Bertz CT molecular complexity index is 1020. The second-order valence-corrected chi connectivity index (χ2v) is 10.8. The normalized spacial score (nSPS) is 16.5. The summed E-state index contributed by atoms with van der Waals surface area (Å²) < 4.78 is 27.1. The average molecular weight is 435 g/mol. The predicted octanol–water partition coefficient (Wildman–Crippen LogP) is 4.74. The fraction of sp³-hybridized carbons (Fsp3) is 0.409. The lowest BCUT2D eigenvalue weighted by molar-refractivity contribution is 0.0583. The molecule has 29 heavy (non-hydrogen) atoms. The number of piperidine rings is 1. The second-order valence-electron chi connectivity index (χ2n) is 8.42. The summed E-state index contributed by atoms with van der Waals surface area (Å²) in [7, 11) is -2.21. The first kappa shape index (κ1) is 21.7. The van der Waals surface area contributed by atoms with E-state index in [1.165, 1.54) is 23.5 Å². The Morgan fingerprint density at radius 3 is 2.38 bits per heavy atom. The first-order chi connectivity index (χ1) is 13.5. The molecule has 156 valence electrons. The van der Waals surface area contributed by atoms with E-state index in [9.17, 15) is 13.2 Å². The fourth-order valence-corrected chi connectivity index (χ4v) is 5.20. The smallest absolute Gasteiger partial charge is 0.264 e. The minimum atomic E-state index is -3.72. The summed E-state index contributed by atoms with van der Waals surface area (Å²) >= 11 is 5.87. The number of sulfonamides is 1. The molecular formula is C22H27ClN2O3S. The molecule has 1 heterocycles. The van der Waals surface area contributed by atoms with Crippen LogP contribution in [0.4, 0.5) is 5.69 Å². The molecule has 2 aromatic carbocycles. The quantitative estimate of drug-likeness (QED) is 0.698. The monoisotopic (exact) mass is 434 g/mol. The number of carbonyl (C=O) groups is 1. The molecule has 5 nitrogen and oxygen atoms in total. The third-order valence-electron chi connectivity index (χ3n) is 5.44. The molecule has 0 atom stereocenters. The number of benzene rings is 2. The van der Waals surface area contributed by atoms with Gasteiger partial charge in [-0.1, -0.05) is 25.4 Å². The van der Waals surface area contributed by atoms with Crippen LogP contribution >= 0.6 is 11.6 Å². The highest BCUT2D eigenvalue weighted by Crippen LogP contribution is 2.31. The molecule has 0 aliphatic carbocycles. The molecule has 0 saturated carbocycles. The van der Waals surface area contributed by atoms with Crippen molar-refractivity contribution in [2.24, 2.45) is 5.41 Å². The van der Waals surface area contributed by atoms with Crippen LogP contribution in [0, 0.1) is 12.3 Å². The molecule has 3 rings (SSSR count). The molecule has 1 amide bonds. The molecular weight excluding hydrogens is 408 g/mol. The summed E-state index contributed by atoms with van der Waals surface area (Å²) in [4.78, 5) is 15.0. The first-order valence-corrected chi connectivity index (χ1v) is 11.5. The summed E-state index contributed by atoms with van der Waals surface area (Å²) in [5, 5.41) is 0.478. The van der Waals surface area contributed by atoms with Gasteiger partial charge in [-0.3, -0.25) is 9.10 Å². The van der Waals surface area contributed by atoms with Crippen molar-refractivity contribution in [3.8, 4) is 0 Å². The molecule has 0 radical (unpaired) electrons. The number of anilines is 1. The van der Waals surface area contributed by atoms with Gasteiger partial charge in [-0.2, -0.15) is 0 Å². The molecule has 2 aromatic rings. The summed E-state index contributed by atoms with van der Waals surface area (Å²) in [6, 6.07) is 11.3. The average Bonchev–Trinajstić information content (AvgIpc) is 2.66. The second kappa shape index (κ2) is 8.00. The summed E-state index contributed by atoms with van der Waals surface area (Å²) in [6.45, 7) is 7.67. The van der Waals surface area contributed by atoms with E-state index in [4.69, 9.17) is 11.6 Å². The van der Waals surface area contributed by atoms with E-state index >= 15 is 0 Å². The number of rotatable bonds is 4. The van der Waals surface area contributed by atoms with Crippen LogP contribution in [0.25, 0.3) is 0 Å². The number of hydrogen-bond donors (Lipinski definition) is 0. The Labute approximate surface area is 178 Å². The van der Waals surface area contributed by atoms with Gasteiger partial charge in [0.15, 0.2) is 0 Å². The van der Waals surface area contributed by atoms with E-state index in [1.807, 2.05) is 11.8 Å². The van der Waals surface area contributed by atoms with E-state index in [1.54, 1.807) is 30.3 Å². The Morgan fingerprint density at radius 1 is 1.14 bits per heavy atom. The van der Waals surface area contributed by atoms with Crippen molar-refractivity contribution >= 4 is 33.2 Å². The molecule has 1 fully saturated rings. The standard InChI is InChI=1S/C22H27ClN2O3S/c1-16-14-17(21(26)25-13-5-12-22(2,3)15-25)6-11-20(16)24(4)29(27,28)19-9-7-18(23)8-10-19/h6-11,14H,5,12-13,15H2,1-4H3. The van der Waals surface area contributed by atoms with Gasteiger partial charge in [0.25, 0.3) is 15.9 Å². The van der Waals surface area contributed by atoms with Gasteiger partial charge in [0, 0.05) is 30.7 Å². The van der Waals surface area contributed by atoms with E-state index in [-0.39, 0.29) is 16.2 Å². The number of likely N-dealkylation sites (tertiary alicyclic amines) is 1. The van der Waals surface area contributed by atoms with Crippen molar-refractivity contribution < 1.29 is 13.2 Å². The van der Waals surface area contributed by atoms with Crippen molar-refractivity contribution in [2.45, 2.75) is 38.5 Å². The lowest BCUT2D eigenvalue weighted by Crippen LogP contribution is -2.43. The van der Waals surface area contributed by atoms with Crippen LogP contribution in [0.3, 0.4) is 0 Å². The number of halogens is 1. The third kappa shape index (κ3) is 4.59. The van der Waals surface area contributed by atoms with E-state index in [0.29, 0.717) is 16.3 Å². The lowest BCUT2D eigenvalue weighted by atomic mass is 9.84. The molecule has 7 heteroatoms. The van der Waals surface area contributed by atoms with Crippen molar-refractivity contribution in [1.29, 1.82) is 0 Å². The van der Waals surface area contributed by atoms with Crippen molar-refractivity contribution in [1.82, 2.24) is 4.90 Å². The zero-order chi connectivity index (χ0) is 21.4. The topological polar surface area (TPSA) is 57.7 Å². The van der Waals surface area contributed by atoms with Crippen molar-refractivity contribution in [3.63, 3.8) is 0 Å². The van der Waals surface area contributed by atoms with Gasteiger partial charge >= 0.3 is 0 Å². The van der Waals surface area contributed by atoms with Crippen molar-refractivity contribution in [2.75, 3.05) is 24.4 Å². The molecule has 1 saturated heterocycles. The van der Waals surface area contributed by atoms with Crippen LogP contribution in [0.2, 0.25) is 5.02 Å². The van der Waals surface area contributed by atoms with Crippen LogP contribution in [0.1, 0.15) is 42.6 Å². The Kier molecular flexibility index (Phi) is 5.97. The number of hydrogen-bond acceptors (Lipinski definition) is 3. The highest BCUT2D eigenvalue weighted by atomic mass is 35.5. The Morgan fingerprint density at radius 2 is 1.79 bits per heavy atom. The molecule has 1 aliphatic heterocycles. The van der Waals surface area contributed by atoms with Gasteiger partial charge in [0.1, 0.15) is 0 Å². The van der Waals surface area contributed by atoms with Crippen LogP contribution in [0.15, 0.2) is 47.4 Å². The maximum atomic E-state index is 13.0. The van der Waals surface area contributed by atoms with Gasteiger partial charge in [0.05, 0.1) is 10.6 Å². The van der Waals surface area contributed by atoms with E-state index < -0.39 is 10.0 Å². The third-order valence-corrected chi connectivity index (χ3v) is 7.48. The number of carbonyl (C=O) groups excluding carboxylic acids is 1. The van der Waals surface area contributed by atoms with Crippen LogP contribution in [0.5, 0.6) is 0 Å². The fourth-order valence-electron chi connectivity index (χ4n) is 3.82. The Balaban J connectivity index is 1.85. The molecule has 0 aromatic heterocycles. The van der Waals surface area contributed by atoms with Crippen molar-refractivity contribution in [3.05, 3.63) is 58.6 Å². The largest absolute Gasteiger partial charge is 0.338 e. The number of amides is 1. The van der Waals surface area contributed by atoms with Gasteiger partial charge in [-0.05, 0) is 73.2 Å². The lowest BCUT2D eigenvalue weighted by Gasteiger charge is -2.38. The number of aryl methyl sites for hydroxylation is 1. The zero-order valence-corrected chi connectivity index (χ0v) is 18.8. The van der Waals surface area contributed by atoms with Gasteiger partial charge in [-0.25, -0.2) is 8.42 Å². The maximum Gasteiger partial charge on any atom is 0.264 e. The van der Waals surface area contributed by atoms with Gasteiger partial charge in [-0.15, -0.1) is 0 Å². The van der Waals surface area contributed by atoms with Crippen LogP contribution < -0.4 is 4.31 Å². The SMILES string of the molecule is Cc1cc(C(=O)N2CCCC(C)(C)C2)ccc1N(C)S(=O)(=O)c1ccc(Cl)cc1. The van der Waals surface area contributed by atoms with E-state index in [2.05, 4.69) is 13.8 Å². The zero-order valence-electron chi connectivity index (χ0n) is 17.3. The highest BCUT2D eigenvalue weighted by molar-refractivity contribution is 7.92. The van der Waals surface area contributed by atoms with Crippen LogP contribution in [-0.4, -0.2) is 39.4 Å². The first-order valence-electron chi connectivity index (χ1n) is 9.66. The Hall–Kier alpha value is -2.05. The highest BCUT2D eigenvalue weighted by Gasteiger charge is 2.30. The minimum Gasteiger partial charge on any atom is -0.338 e. The number of nitrogens with zero attached hydrogens (tertiary/aromatic N) is 2. The summed E-state index contributed by atoms with van der Waals surface area (Å²) in [5.41, 5.74) is 1.97. The molecule has 0 bridgehead atoms. The molecule has 0 unspecified atom stereocenters. The van der Waals surface area contributed by atoms with E-state index in [0.717, 1.165) is 31.5 Å². The molecule has 0 spiro atoms. The molecule has 1 aliphatic rings. The predicted molar refractivity (Wildman–Crippen MR) is 117 cm³/mol. The summed E-state index contributed by atoms with van der Waals surface area (Å²) in [6.07, 6.45) is 2.11. The minimum absolute atomic E-state index is 0.00404. The summed E-state index contributed by atoms with van der Waals surface area (Å²) in [5.74, 6) is -0.00404. The molecule has 0 N–H and O–H groups in total.